The highest BCUT2D eigenvalue weighted by Gasteiger charge is 2.30. The monoisotopic (exact) mass is 336 g/mol. The molecule has 23 heavy (non-hydrogen) atoms. The van der Waals surface area contributed by atoms with Gasteiger partial charge < -0.3 is 19.5 Å². The summed E-state index contributed by atoms with van der Waals surface area (Å²) in [5.74, 6) is 1.28. The molecule has 0 aliphatic carbocycles. The summed E-state index contributed by atoms with van der Waals surface area (Å²) in [6.45, 7) is 0.832. The summed E-state index contributed by atoms with van der Waals surface area (Å²) in [5.41, 5.74) is 1.55. The van der Waals surface area contributed by atoms with E-state index in [9.17, 15) is 15.2 Å². The van der Waals surface area contributed by atoms with E-state index in [1.807, 2.05) is 4.90 Å². The molecule has 7 nitrogen and oxygen atoms in total. The molecule has 2 aromatic rings. The van der Waals surface area contributed by atoms with E-state index < -0.39 is 11.0 Å². The molecule has 0 saturated carbocycles. The molecule has 0 bridgehead atoms. The number of anilines is 1. The fourth-order valence-corrected chi connectivity index (χ4v) is 3.66. The van der Waals surface area contributed by atoms with Gasteiger partial charge in [0, 0.05) is 30.3 Å². The van der Waals surface area contributed by atoms with Gasteiger partial charge in [-0.15, -0.1) is 0 Å². The first-order chi connectivity index (χ1) is 11.0. The molecule has 3 rings (SSSR count). The molecule has 1 N–H and O–H groups in total. The topological polar surface area (TPSA) is 85.1 Å². The Kier molecular flexibility index (Phi) is 4.10. The van der Waals surface area contributed by atoms with Crippen molar-refractivity contribution in [3.63, 3.8) is 0 Å². The molecule has 1 aliphatic heterocycles. The lowest BCUT2D eigenvalue weighted by Crippen LogP contribution is -2.33. The Morgan fingerprint density at radius 1 is 1.26 bits per heavy atom. The van der Waals surface area contributed by atoms with Crippen molar-refractivity contribution in [2.24, 2.45) is 0 Å². The van der Waals surface area contributed by atoms with Gasteiger partial charge in [0.25, 0.3) is 0 Å². The fourth-order valence-electron chi connectivity index (χ4n) is 2.83. The summed E-state index contributed by atoms with van der Waals surface area (Å²) in [4.78, 5) is 12.4. The highest BCUT2D eigenvalue weighted by Crippen LogP contribution is 2.42. The summed E-state index contributed by atoms with van der Waals surface area (Å²) in [6, 6.07) is 6.75. The van der Waals surface area contributed by atoms with Crippen molar-refractivity contribution in [3.05, 3.63) is 45.5 Å². The van der Waals surface area contributed by atoms with Gasteiger partial charge in [-0.3, -0.25) is 10.1 Å². The van der Waals surface area contributed by atoms with Crippen molar-refractivity contribution >= 4 is 21.3 Å². The van der Waals surface area contributed by atoms with Crippen molar-refractivity contribution in [1.82, 2.24) is 0 Å². The average Bonchev–Trinajstić information content (AvgIpc) is 3.04. The van der Waals surface area contributed by atoms with Crippen LogP contribution in [-0.2, 0) is 6.54 Å². The van der Waals surface area contributed by atoms with E-state index in [0.29, 0.717) is 30.2 Å². The first-order valence-electron chi connectivity index (χ1n) is 6.96. The Morgan fingerprint density at radius 3 is 2.57 bits per heavy atom. The molecule has 1 atom stereocenters. The second kappa shape index (κ2) is 6.05. The minimum absolute atomic E-state index is 0.0814. The summed E-state index contributed by atoms with van der Waals surface area (Å²) in [6.07, 6.45) is -0.759. The molecular formula is C15H16N2O5S. The van der Waals surface area contributed by atoms with Crippen LogP contribution in [0.15, 0.2) is 24.3 Å². The molecule has 1 aromatic heterocycles. The number of nitro groups is 1. The normalized spacial score (nSPS) is 16.8. The van der Waals surface area contributed by atoms with E-state index in [4.69, 9.17) is 9.47 Å². The van der Waals surface area contributed by atoms with E-state index in [1.54, 1.807) is 32.4 Å². The Labute approximate surface area is 136 Å². The summed E-state index contributed by atoms with van der Waals surface area (Å²) < 4.78 is 10.7. The number of aliphatic hydroxyl groups is 1. The summed E-state index contributed by atoms with van der Waals surface area (Å²) >= 11 is 1.09. The van der Waals surface area contributed by atoms with E-state index >= 15 is 0 Å². The Morgan fingerprint density at radius 2 is 1.96 bits per heavy atom. The molecular weight excluding hydrogens is 320 g/mol. The van der Waals surface area contributed by atoms with E-state index in [0.717, 1.165) is 21.9 Å². The van der Waals surface area contributed by atoms with Crippen molar-refractivity contribution in [2.75, 3.05) is 25.7 Å². The molecule has 0 saturated heterocycles. The zero-order valence-electron chi connectivity index (χ0n) is 12.7. The smallest absolute Gasteiger partial charge is 0.326 e. The van der Waals surface area contributed by atoms with Crippen LogP contribution in [0.3, 0.4) is 0 Å². The van der Waals surface area contributed by atoms with Gasteiger partial charge in [0.05, 0.1) is 24.1 Å². The fraction of sp³-hybridized carbons (Fsp3) is 0.333. The maximum absolute atomic E-state index is 10.9. The summed E-state index contributed by atoms with van der Waals surface area (Å²) in [7, 11) is 3.13. The van der Waals surface area contributed by atoms with E-state index in [2.05, 4.69) is 0 Å². The molecule has 2 heterocycles. The number of hydrogen-bond donors (Lipinski definition) is 1. The van der Waals surface area contributed by atoms with Crippen LogP contribution >= 0.6 is 11.3 Å². The second-order valence-corrected chi connectivity index (χ2v) is 6.17. The van der Waals surface area contributed by atoms with Crippen LogP contribution < -0.4 is 14.4 Å². The van der Waals surface area contributed by atoms with Gasteiger partial charge in [0.2, 0.25) is 0 Å². The maximum atomic E-state index is 10.9. The Balaban J connectivity index is 2.00. The number of ether oxygens (including phenoxy) is 2. The SMILES string of the molecule is COc1ccc(OC)c2c1CN(c1ccc([N+](=O)[O-])s1)C[C@@H]2O. The quantitative estimate of drug-likeness (QED) is 0.682. The van der Waals surface area contributed by atoms with Gasteiger partial charge >= 0.3 is 5.00 Å². The molecule has 1 aromatic carbocycles. The number of benzene rings is 1. The number of aliphatic hydroxyl groups excluding tert-OH is 1. The number of thiophene rings is 1. The van der Waals surface area contributed by atoms with Gasteiger partial charge in [-0.05, 0) is 29.5 Å². The third-order valence-corrected chi connectivity index (χ3v) is 4.96. The molecule has 0 spiro atoms. The highest BCUT2D eigenvalue weighted by molar-refractivity contribution is 7.19. The first-order valence-corrected chi connectivity index (χ1v) is 7.77. The van der Waals surface area contributed by atoms with Crippen molar-refractivity contribution in [1.29, 1.82) is 0 Å². The first kappa shape index (κ1) is 15.6. The second-order valence-electron chi connectivity index (χ2n) is 5.13. The molecule has 0 amide bonds. The third-order valence-electron chi connectivity index (χ3n) is 3.86. The Bertz CT molecular complexity index is 745. The van der Waals surface area contributed by atoms with Gasteiger partial charge in [0.1, 0.15) is 17.6 Å². The average molecular weight is 336 g/mol. The molecule has 1 aliphatic rings. The lowest BCUT2D eigenvalue weighted by molar-refractivity contribution is -0.380. The molecule has 0 radical (unpaired) electrons. The predicted octanol–water partition coefficient (Wildman–Crippen LogP) is 2.73. The maximum Gasteiger partial charge on any atom is 0.326 e. The standard InChI is InChI=1S/C15H16N2O5S/c1-21-11-3-4-12(22-2)15-9(11)7-16(8-10(15)18)13-5-6-14(23-13)17(19)20/h3-6,10,18H,7-8H2,1-2H3/t10-/m0/s1. The van der Waals surface area contributed by atoms with Gasteiger partial charge in [-0.25, -0.2) is 0 Å². The van der Waals surface area contributed by atoms with Crippen molar-refractivity contribution in [3.8, 4) is 11.5 Å². The number of β-amino-alcohol motifs (C(OH)–C–C–N with tert-alkyl or cyclic N) is 1. The number of methoxy groups -OCH3 is 2. The highest BCUT2D eigenvalue weighted by atomic mass is 32.1. The van der Waals surface area contributed by atoms with Gasteiger partial charge in [-0.1, -0.05) is 0 Å². The number of nitrogens with zero attached hydrogens (tertiary/aromatic N) is 2. The van der Waals surface area contributed by atoms with Crippen LogP contribution in [0.4, 0.5) is 10.0 Å². The summed E-state index contributed by atoms with van der Waals surface area (Å²) in [5, 5.41) is 22.2. The van der Waals surface area contributed by atoms with Crippen molar-refractivity contribution in [2.45, 2.75) is 12.6 Å². The minimum Gasteiger partial charge on any atom is -0.496 e. The minimum atomic E-state index is -0.759. The Hall–Kier alpha value is -2.32. The van der Waals surface area contributed by atoms with Crippen molar-refractivity contribution < 1.29 is 19.5 Å². The van der Waals surface area contributed by atoms with Crippen LogP contribution in [-0.4, -0.2) is 30.8 Å². The van der Waals surface area contributed by atoms with E-state index in [-0.39, 0.29) is 5.00 Å². The molecule has 0 fully saturated rings. The zero-order valence-corrected chi connectivity index (χ0v) is 13.5. The largest absolute Gasteiger partial charge is 0.496 e. The molecule has 0 unspecified atom stereocenters. The van der Waals surface area contributed by atoms with Crippen LogP contribution in [0.5, 0.6) is 11.5 Å². The van der Waals surface area contributed by atoms with Gasteiger partial charge in [-0.2, -0.15) is 0 Å². The molecule has 8 heteroatoms. The van der Waals surface area contributed by atoms with Crippen LogP contribution in [0, 0.1) is 10.1 Å². The lowest BCUT2D eigenvalue weighted by Gasteiger charge is -2.34. The van der Waals surface area contributed by atoms with Crippen LogP contribution in [0.25, 0.3) is 0 Å². The van der Waals surface area contributed by atoms with E-state index in [1.165, 1.54) is 6.07 Å². The number of hydrogen-bond acceptors (Lipinski definition) is 7. The van der Waals surface area contributed by atoms with Crippen LogP contribution in [0.1, 0.15) is 17.2 Å². The zero-order chi connectivity index (χ0) is 16.6. The predicted molar refractivity (Wildman–Crippen MR) is 86.5 cm³/mol. The molecule has 122 valence electrons. The van der Waals surface area contributed by atoms with Crippen LogP contribution in [0.2, 0.25) is 0 Å². The number of fused-ring (bicyclic) bond motifs is 1. The van der Waals surface area contributed by atoms with Gasteiger partial charge in [0.15, 0.2) is 0 Å². The lowest BCUT2D eigenvalue weighted by atomic mass is 9.95. The third kappa shape index (κ3) is 2.71. The number of rotatable bonds is 4.